The number of para-hydroxylation sites is 1. The van der Waals surface area contributed by atoms with E-state index in [1.54, 1.807) is 48.5 Å². The van der Waals surface area contributed by atoms with Crippen molar-refractivity contribution >= 4 is 22.6 Å². The number of alkyl halides is 3. The maximum Gasteiger partial charge on any atom is 0.416 e. The highest BCUT2D eigenvalue weighted by molar-refractivity contribution is 6.10. The second-order valence-electron chi connectivity index (χ2n) is 8.92. The summed E-state index contributed by atoms with van der Waals surface area (Å²) >= 11 is 0. The van der Waals surface area contributed by atoms with E-state index in [0.29, 0.717) is 17.9 Å². The highest BCUT2D eigenvalue weighted by atomic mass is 19.4. The number of hydrogen-bond donors (Lipinski definition) is 0. The van der Waals surface area contributed by atoms with Crippen molar-refractivity contribution in [2.45, 2.75) is 38.4 Å². The van der Waals surface area contributed by atoms with Crippen molar-refractivity contribution in [1.29, 1.82) is 0 Å². The molecule has 0 N–H and O–H groups in total. The topological polar surface area (TPSA) is 59.8 Å². The molecule has 1 unspecified atom stereocenters. The van der Waals surface area contributed by atoms with Gasteiger partial charge in [-0.25, -0.2) is 0 Å². The van der Waals surface area contributed by atoms with Crippen molar-refractivity contribution in [2.24, 2.45) is 0 Å². The maximum absolute atomic E-state index is 13.6. The smallest absolute Gasteiger partial charge is 0.416 e. The molecular formula is C29H24F3NO4. The molecule has 0 radical (unpaired) electrons. The maximum atomic E-state index is 13.6. The standard InChI is InChI=1S/C29H24F3NO4/c1-2-3-6-15-36-21-12-7-9-18(16-21)25-24-26(34)22-13-4-5-14-23(22)37-27(24)28(35)33(25)20-11-8-10-19(17-20)29(30,31)32/h4-5,7-14,16-17,25H,2-3,6,15H2,1H3. The molecule has 190 valence electrons. The van der Waals surface area contributed by atoms with Gasteiger partial charge < -0.3 is 9.15 Å². The molecule has 4 aromatic rings. The van der Waals surface area contributed by atoms with Crippen LogP contribution in [0.15, 0.2) is 82.0 Å². The summed E-state index contributed by atoms with van der Waals surface area (Å²) in [4.78, 5) is 28.5. The second kappa shape index (κ2) is 9.76. The molecule has 0 spiro atoms. The van der Waals surface area contributed by atoms with Crippen LogP contribution in [0.5, 0.6) is 5.75 Å². The Bertz CT molecular complexity index is 1530. The lowest BCUT2D eigenvalue weighted by Crippen LogP contribution is -2.29. The average molecular weight is 508 g/mol. The highest BCUT2D eigenvalue weighted by Gasteiger charge is 2.44. The quantitative estimate of drug-likeness (QED) is 0.250. The predicted molar refractivity (Wildman–Crippen MR) is 134 cm³/mol. The van der Waals surface area contributed by atoms with Crippen molar-refractivity contribution in [3.05, 3.63) is 105 Å². The normalized spacial score (nSPS) is 15.3. The van der Waals surface area contributed by atoms with Crippen molar-refractivity contribution in [3.63, 3.8) is 0 Å². The number of unbranched alkanes of at least 4 members (excludes halogenated alkanes) is 2. The Labute approximate surface area is 211 Å². The van der Waals surface area contributed by atoms with Crippen molar-refractivity contribution in [2.75, 3.05) is 11.5 Å². The third kappa shape index (κ3) is 4.59. The molecule has 1 atom stereocenters. The zero-order valence-corrected chi connectivity index (χ0v) is 20.0. The Morgan fingerprint density at radius 2 is 1.73 bits per heavy atom. The molecule has 3 aromatic carbocycles. The number of anilines is 1. The molecule has 2 heterocycles. The van der Waals surface area contributed by atoms with E-state index in [9.17, 15) is 22.8 Å². The molecule has 37 heavy (non-hydrogen) atoms. The Morgan fingerprint density at radius 1 is 0.946 bits per heavy atom. The molecule has 0 fully saturated rings. The van der Waals surface area contributed by atoms with Crippen LogP contribution in [-0.4, -0.2) is 12.5 Å². The van der Waals surface area contributed by atoms with E-state index in [1.807, 2.05) is 0 Å². The molecule has 1 aliphatic heterocycles. The minimum Gasteiger partial charge on any atom is -0.494 e. The van der Waals surface area contributed by atoms with Gasteiger partial charge in [-0.05, 0) is 54.4 Å². The van der Waals surface area contributed by atoms with Gasteiger partial charge in [-0.15, -0.1) is 0 Å². The van der Waals surface area contributed by atoms with Crippen molar-refractivity contribution in [3.8, 4) is 5.75 Å². The number of carbonyl (C=O) groups excluding carboxylic acids is 1. The van der Waals surface area contributed by atoms with Gasteiger partial charge in [0, 0.05) is 5.69 Å². The van der Waals surface area contributed by atoms with Gasteiger partial charge in [-0.1, -0.05) is 50.1 Å². The Morgan fingerprint density at radius 3 is 2.51 bits per heavy atom. The summed E-state index contributed by atoms with van der Waals surface area (Å²) in [5.74, 6) is -0.319. The third-order valence-corrected chi connectivity index (χ3v) is 6.42. The van der Waals surface area contributed by atoms with Gasteiger partial charge in [0.25, 0.3) is 5.91 Å². The van der Waals surface area contributed by atoms with Gasteiger partial charge in [0.05, 0.1) is 29.2 Å². The SMILES string of the molecule is CCCCCOc1cccc(C2c3c(oc4ccccc4c3=O)C(=O)N2c2cccc(C(F)(F)F)c2)c1. The summed E-state index contributed by atoms with van der Waals surface area (Å²) in [5.41, 5.74) is -0.445. The number of carbonyl (C=O) groups is 1. The summed E-state index contributed by atoms with van der Waals surface area (Å²) in [6.45, 7) is 2.59. The van der Waals surface area contributed by atoms with Gasteiger partial charge in [-0.2, -0.15) is 13.2 Å². The highest BCUT2D eigenvalue weighted by Crippen LogP contribution is 2.43. The monoisotopic (exact) mass is 507 g/mol. The first-order chi connectivity index (χ1) is 17.8. The molecule has 5 rings (SSSR count). The van der Waals surface area contributed by atoms with E-state index in [4.69, 9.17) is 9.15 Å². The van der Waals surface area contributed by atoms with Crippen LogP contribution in [0.4, 0.5) is 18.9 Å². The average Bonchev–Trinajstić information content (AvgIpc) is 3.19. The van der Waals surface area contributed by atoms with E-state index in [0.717, 1.165) is 31.4 Å². The lowest BCUT2D eigenvalue weighted by atomic mass is 9.98. The van der Waals surface area contributed by atoms with Crippen LogP contribution in [0.1, 0.15) is 59.5 Å². The molecule has 0 saturated heterocycles. The molecule has 0 saturated carbocycles. The third-order valence-electron chi connectivity index (χ3n) is 6.42. The Hall–Kier alpha value is -4.07. The number of benzene rings is 3. The van der Waals surface area contributed by atoms with Gasteiger partial charge in [-0.3, -0.25) is 14.5 Å². The number of rotatable bonds is 7. The number of nitrogens with zero attached hydrogens (tertiary/aromatic N) is 1. The van der Waals surface area contributed by atoms with E-state index in [1.165, 1.54) is 17.0 Å². The van der Waals surface area contributed by atoms with Crippen LogP contribution in [0.3, 0.4) is 0 Å². The van der Waals surface area contributed by atoms with Crippen LogP contribution in [0.25, 0.3) is 11.0 Å². The molecule has 0 aliphatic carbocycles. The number of amides is 1. The molecule has 1 aromatic heterocycles. The van der Waals surface area contributed by atoms with Crippen LogP contribution in [-0.2, 0) is 6.18 Å². The zero-order chi connectivity index (χ0) is 26.2. The molecular weight excluding hydrogens is 483 g/mol. The van der Waals surface area contributed by atoms with E-state index in [-0.39, 0.29) is 28.0 Å². The minimum absolute atomic E-state index is 0.00829. The Kier molecular flexibility index (Phi) is 6.50. The van der Waals surface area contributed by atoms with E-state index >= 15 is 0 Å². The number of fused-ring (bicyclic) bond motifs is 2. The fourth-order valence-corrected chi connectivity index (χ4v) is 4.65. The first-order valence-electron chi connectivity index (χ1n) is 12.1. The predicted octanol–water partition coefficient (Wildman–Crippen LogP) is 7.13. The summed E-state index contributed by atoms with van der Waals surface area (Å²) < 4.78 is 52.3. The summed E-state index contributed by atoms with van der Waals surface area (Å²) in [5, 5.41) is 0.289. The fourth-order valence-electron chi connectivity index (χ4n) is 4.65. The summed E-state index contributed by atoms with van der Waals surface area (Å²) in [6.07, 6.45) is -1.67. The molecule has 1 aliphatic rings. The molecule has 1 amide bonds. The first-order valence-corrected chi connectivity index (χ1v) is 12.1. The van der Waals surface area contributed by atoms with Crippen LogP contribution < -0.4 is 15.1 Å². The summed E-state index contributed by atoms with van der Waals surface area (Å²) in [6, 6.07) is 17.0. The van der Waals surface area contributed by atoms with Gasteiger partial charge in [0.1, 0.15) is 11.3 Å². The second-order valence-corrected chi connectivity index (χ2v) is 8.92. The molecule has 0 bridgehead atoms. The fraction of sp³-hybridized carbons (Fsp3) is 0.241. The van der Waals surface area contributed by atoms with Crippen LogP contribution >= 0.6 is 0 Å². The minimum atomic E-state index is -4.60. The first kappa shape index (κ1) is 24.6. The van der Waals surface area contributed by atoms with Gasteiger partial charge in [0.15, 0.2) is 5.43 Å². The summed E-state index contributed by atoms with van der Waals surface area (Å²) in [7, 11) is 0. The van der Waals surface area contributed by atoms with Crippen LogP contribution in [0, 0.1) is 0 Å². The lowest BCUT2D eigenvalue weighted by Gasteiger charge is -2.26. The van der Waals surface area contributed by atoms with Gasteiger partial charge >= 0.3 is 6.18 Å². The number of halogens is 3. The van der Waals surface area contributed by atoms with Crippen LogP contribution in [0.2, 0.25) is 0 Å². The Balaban J connectivity index is 1.67. The van der Waals surface area contributed by atoms with Crippen molar-refractivity contribution in [1.82, 2.24) is 0 Å². The largest absolute Gasteiger partial charge is 0.494 e. The van der Waals surface area contributed by atoms with E-state index < -0.39 is 29.1 Å². The number of ether oxygens (including phenoxy) is 1. The molecule has 5 nitrogen and oxygen atoms in total. The van der Waals surface area contributed by atoms with E-state index in [2.05, 4.69) is 6.92 Å². The number of hydrogen-bond acceptors (Lipinski definition) is 4. The lowest BCUT2D eigenvalue weighted by molar-refractivity contribution is -0.137. The zero-order valence-electron chi connectivity index (χ0n) is 20.0. The molecule has 8 heteroatoms. The van der Waals surface area contributed by atoms with Gasteiger partial charge in [0.2, 0.25) is 5.76 Å². The van der Waals surface area contributed by atoms with Crippen molar-refractivity contribution < 1.29 is 27.1 Å².